The van der Waals surface area contributed by atoms with E-state index in [0.717, 1.165) is 12.1 Å². The van der Waals surface area contributed by atoms with Crippen LogP contribution in [-0.4, -0.2) is 18.2 Å². The molecule has 0 radical (unpaired) electrons. The molecule has 2 unspecified atom stereocenters. The predicted octanol–water partition coefficient (Wildman–Crippen LogP) is 2.75. The second-order valence-corrected chi connectivity index (χ2v) is 4.48. The Morgan fingerprint density at radius 1 is 1.19 bits per heavy atom. The summed E-state index contributed by atoms with van der Waals surface area (Å²) in [7, 11) is 0. The lowest BCUT2D eigenvalue weighted by molar-refractivity contribution is 0.173. The molecule has 2 nitrogen and oxygen atoms in total. The van der Waals surface area contributed by atoms with E-state index in [-0.39, 0.29) is 0 Å². The van der Waals surface area contributed by atoms with Gasteiger partial charge in [0.05, 0.1) is 6.10 Å². The predicted molar refractivity (Wildman–Crippen MR) is 68.3 cm³/mol. The molecule has 0 fully saturated rings. The van der Waals surface area contributed by atoms with Crippen LogP contribution in [0.2, 0.25) is 0 Å². The molecule has 0 saturated carbocycles. The number of hydrogen-bond acceptors (Lipinski definition) is 2. The first-order valence-electron chi connectivity index (χ1n) is 6.17. The molecule has 2 heteroatoms. The molecule has 16 heavy (non-hydrogen) atoms. The van der Waals surface area contributed by atoms with E-state index in [0.29, 0.717) is 12.5 Å². The topological polar surface area (TPSA) is 32.3 Å². The SMILES string of the molecule is CCCC(C)CNCC(O)c1ccccc1. The summed E-state index contributed by atoms with van der Waals surface area (Å²) < 4.78 is 0. The van der Waals surface area contributed by atoms with Crippen molar-refractivity contribution in [3.05, 3.63) is 35.9 Å². The molecule has 0 aliphatic heterocycles. The van der Waals surface area contributed by atoms with Gasteiger partial charge in [0.15, 0.2) is 0 Å². The second-order valence-electron chi connectivity index (χ2n) is 4.48. The fraction of sp³-hybridized carbons (Fsp3) is 0.571. The molecule has 0 aliphatic rings. The molecular weight excluding hydrogens is 198 g/mol. The highest BCUT2D eigenvalue weighted by Gasteiger charge is 2.06. The fourth-order valence-corrected chi connectivity index (χ4v) is 1.85. The third-order valence-electron chi connectivity index (χ3n) is 2.80. The van der Waals surface area contributed by atoms with Gasteiger partial charge in [0.2, 0.25) is 0 Å². The van der Waals surface area contributed by atoms with Crippen LogP contribution in [0.25, 0.3) is 0 Å². The van der Waals surface area contributed by atoms with Gasteiger partial charge in [0, 0.05) is 6.54 Å². The van der Waals surface area contributed by atoms with Gasteiger partial charge < -0.3 is 10.4 Å². The maximum atomic E-state index is 9.90. The molecule has 90 valence electrons. The van der Waals surface area contributed by atoms with Crippen LogP contribution in [0, 0.1) is 5.92 Å². The van der Waals surface area contributed by atoms with Crippen LogP contribution >= 0.6 is 0 Å². The van der Waals surface area contributed by atoms with E-state index in [1.165, 1.54) is 12.8 Å². The van der Waals surface area contributed by atoms with Crippen molar-refractivity contribution in [1.29, 1.82) is 0 Å². The van der Waals surface area contributed by atoms with Crippen molar-refractivity contribution in [1.82, 2.24) is 5.32 Å². The van der Waals surface area contributed by atoms with Crippen molar-refractivity contribution in [2.45, 2.75) is 32.8 Å². The smallest absolute Gasteiger partial charge is 0.0914 e. The molecule has 0 aliphatic carbocycles. The zero-order valence-electron chi connectivity index (χ0n) is 10.3. The minimum absolute atomic E-state index is 0.393. The molecule has 0 aromatic heterocycles. The first-order valence-corrected chi connectivity index (χ1v) is 6.17. The number of aliphatic hydroxyl groups excluding tert-OH is 1. The van der Waals surface area contributed by atoms with Crippen molar-refractivity contribution in [2.24, 2.45) is 5.92 Å². The quantitative estimate of drug-likeness (QED) is 0.742. The zero-order chi connectivity index (χ0) is 11.8. The third-order valence-corrected chi connectivity index (χ3v) is 2.80. The summed E-state index contributed by atoms with van der Waals surface area (Å²) >= 11 is 0. The van der Waals surface area contributed by atoms with Crippen LogP contribution in [0.1, 0.15) is 38.4 Å². The number of aliphatic hydroxyl groups is 1. The summed E-state index contributed by atoms with van der Waals surface area (Å²) in [6.07, 6.45) is 2.08. The third kappa shape index (κ3) is 4.77. The Hall–Kier alpha value is -0.860. The monoisotopic (exact) mass is 221 g/mol. The van der Waals surface area contributed by atoms with E-state index in [9.17, 15) is 5.11 Å². The Bertz CT molecular complexity index is 273. The second kappa shape index (κ2) is 7.42. The number of benzene rings is 1. The lowest BCUT2D eigenvalue weighted by Gasteiger charge is -2.15. The summed E-state index contributed by atoms with van der Waals surface area (Å²) in [4.78, 5) is 0. The van der Waals surface area contributed by atoms with Crippen LogP contribution in [0.3, 0.4) is 0 Å². The first kappa shape index (κ1) is 13.2. The van der Waals surface area contributed by atoms with Gasteiger partial charge in [-0.15, -0.1) is 0 Å². The maximum Gasteiger partial charge on any atom is 0.0914 e. The molecular formula is C14H23NO. The van der Waals surface area contributed by atoms with Crippen molar-refractivity contribution in [3.8, 4) is 0 Å². The summed E-state index contributed by atoms with van der Waals surface area (Å²) in [6.45, 7) is 6.07. The van der Waals surface area contributed by atoms with E-state index in [4.69, 9.17) is 0 Å². The average Bonchev–Trinajstić information content (AvgIpc) is 2.30. The number of rotatable bonds is 7. The molecule has 1 aromatic carbocycles. The molecule has 2 N–H and O–H groups in total. The Kier molecular flexibility index (Phi) is 6.12. The lowest BCUT2D eigenvalue weighted by Crippen LogP contribution is -2.26. The minimum atomic E-state index is -0.393. The molecule has 0 saturated heterocycles. The summed E-state index contributed by atoms with van der Waals surface area (Å²) in [6, 6.07) is 9.80. The van der Waals surface area contributed by atoms with Gasteiger partial charge in [-0.2, -0.15) is 0 Å². The van der Waals surface area contributed by atoms with Gasteiger partial charge in [0.25, 0.3) is 0 Å². The largest absolute Gasteiger partial charge is 0.387 e. The van der Waals surface area contributed by atoms with Crippen molar-refractivity contribution >= 4 is 0 Å². The van der Waals surface area contributed by atoms with E-state index < -0.39 is 6.10 Å². The average molecular weight is 221 g/mol. The van der Waals surface area contributed by atoms with E-state index in [1.807, 2.05) is 30.3 Å². The van der Waals surface area contributed by atoms with Gasteiger partial charge in [0.1, 0.15) is 0 Å². The Morgan fingerprint density at radius 2 is 1.88 bits per heavy atom. The van der Waals surface area contributed by atoms with Gasteiger partial charge in [-0.05, 0) is 24.4 Å². The van der Waals surface area contributed by atoms with Crippen LogP contribution < -0.4 is 5.32 Å². The normalized spacial score (nSPS) is 14.7. The highest BCUT2D eigenvalue weighted by atomic mass is 16.3. The molecule has 1 aromatic rings. The van der Waals surface area contributed by atoms with Gasteiger partial charge in [-0.3, -0.25) is 0 Å². The fourth-order valence-electron chi connectivity index (χ4n) is 1.85. The minimum Gasteiger partial charge on any atom is -0.387 e. The van der Waals surface area contributed by atoms with E-state index in [2.05, 4.69) is 19.2 Å². The molecule has 2 atom stereocenters. The van der Waals surface area contributed by atoms with Gasteiger partial charge >= 0.3 is 0 Å². The lowest BCUT2D eigenvalue weighted by atomic mass is 10.1. The van der Waals surface area contributed by atoms with E-state index in [1.54, 1.807) is 0 Å². The maximum absolute atomic E-state index is 9.90. The van der Waals surface area contributed by atoms with Crippen LogP contribution in [0.4, 0.5) is 0 Å². The summed E-state index contributed by atoms with van der Waals surface area (Å²) in [5.74, 6) is 0.688. The first-order chi connectivity index (χ1) is 7.74. The molecule has 0 spiro atoms. The van der Waals surface area contributed by atoms with Gasteiger partial charge in [-0.25, -0.2) is 0 Å². The summed E-state index contributed by atoms with van der Waals surface area (Å²) in [5, 5.41) is 13.2. The molecule has 0 heterocycles. The number of nitrogens with one attached hydrogen (secondary N) is 1. The Balaban J connectivity index is 2.23. The Morgan fingerprint density at radius 3 is 2.50 bits per heavy atom. The highest BCUT2D eigenvalue weighted by molar-refractivity contribution is 5.17. The molecule has 0 amide bonds. The van der Waals surface area contributed by atoms with Crippen LogP contribution in [-0.2, 0) is 0 Å². The van der Waals surface area contributed by atoms with Crippen molar-refractivity contribution < 1.29 is 5.11 Å². The summed E-state index contributed by atoms with van der Waals surface area (Å²) in [5.41, 5.74) is 0.984. The number of hydrogen-bond donors (Lipinski definition) is 2. The Labute approximate surface area is 98.7 Å². The van der Waals surface area contributed by atoms with Crippen LogP contribution in [0.15, 0.2) is 30.3 Å². The molecule has 0 bridgehead atoms. The van der Waals surface area contributed by atoms with Crippen molar-refractivity contribution in [2.75, 3.05) is 13.1 Å². The van der Waals surface area contributed by atoms with E-state index >= 15 is 0 Å². The highest BCUT2D eigenvalue weighted by Crippen LogP contribution is 2.11. The zero-order valence-corrected chi connectivity index (χ0v) is 10.3. The van der Waals surface area contributed by atoms with Crippen molar-refractivity contribution in [3.63, 3.8) is 0 Å². The standard InChI is InChI=1S/C14H23NO/c1-3-7-12(2)10-15-11-14(16)13-8-5-4-6-9-13/h4-6,8-9,12,14-16H,3,7,10-11H2,1-2H3. The van der Waals surface area contributed by atoms with Gasteiger partial charge in [-0.1, -0.05) is 50.6 Å². The molecule has 1 rings (SSSR count). The van der Waals surface area contributed by atoms with Crippen LogP contribution in [0.5, 0.6) is 0 Å².